The Labute approximate surface area is 123 Å². The van der Waals surface area contributed by atoms with E-state index in [0.29, 0.717) is 6.54 Å². The van der Waals surface area contributed by atoms with E-state index < -0.39 is 0 Å². The third-order valence-electron chi connectivity index (χ3n) is 3.29. The van der Waals surface area contributed by atoms with Crippen LogP contribution in [0.2, 0.25) is 0 Å². The van der Waals surface area contributed by atoms with Crippen molar-refractivity contribution in [1.29, 1.82) is 0 Å². The number of thiazole rings is 1. The molecule has 0 radical (unpaired) electrons. The van der Waals surface area contributed by atoms with Crippen molar-refractivity contribution >= 4 is 27.5 Å². The average molecular weight is 291 g/mol. The Kier molecular flexibility index (Phi) is 5.09. The molecule has 1 unspecified atom stereocenters. The van der Waals surface area contributed by atoms with Gasteiger partial charge in [-0.15, -0.1) is 11.3 Å². The summed E-state index contributed by atoms with van der Waals surface area (Å²) in [6.07, 6.45) is 0.961. The molecule has 1 atom stereocenters. The molecule has 1 aromatic carbocycles. The van der Waals surface area contributed by atoms with Crippen molar-refractivity contribution < 1.29 is 4.79 Å². The highest BCUT2D eigenvalue weighted by molar-refractivity contribution is 7.18. The number of aromatic nitrogens is 1. The van der Waals surface area contributed by atoms with Gasteiger partial charge in [-0.05, 0) is 32.5 Å². The number of carbonyl (C=O) groups excluding carboxylic acids is 1. The van der Waals surface area contributed by atoms with E-state index in [9.17, 15) is 4.79 Å². The zero-order valence-electron chi connectivity index (χ0n) is 12.2. The van der Waals surface area contributed by atoms with E-state index in [4.69, 9.17) is 0 Å². The number of para-hydroxylation sites is 1. The standard InChI is InChI=1S/C15H21N3OS/c1-4-9-16-14(19)10-18(3)11(2)15-17-12-7-5-6-8-13(12)20-15/h5-8,11H,4,9-10H2,1-3H3,(H,16,19). The lowest BCUT2D eigenvalue weighted by Gasteiger charge is -2.22. The molecule has 2 rings (SSSR count). The number of fused-ring (bicyclic) bond motifs is 1. The normalized spacial score (nSPS) is 12.8. The predicted octanol–water partition coefficient (Wildman–Crippen LogP) is 2.82. The number of likely N-dealkylation sites (N-methyl/N-ethyl adjacent to an activating group) is 1. The predicted molar refractivity (Wildman–Crippen MR) is 84.0 cm³/mol. The quantitative estimate of drug-likeness (QED) is 0.890. The minimum absolute atomic E-state index is 0.0716. The van der Waals surface area contributed by atoms with Crippen LogP contribution in [-0.2, 0) is 4.79 Å². The van der Waals surface area contributed by atoms with Crippen LogP contribution in [0, 0.1) is 0 Å². The second-order valence-corrected chi connectivity index (χ2v) is 6.02. The van der Waals surface area contributed by atoms with E-state index in [0.717, 1.165) is 23.5 Å². The Morgan fingerprint density at radius 3 is 2.90 bits per heavy atom. The van der Waals surface area contributed by atoms with E-state index >= 15 is 0 Å². The molecule has 1 heterocycles. The number of benzene rings is 1. The summed E-state index contributed by atoms with van der Waals surface area (Å²) in [5.41, 5.74) is 1.03. The summed E-state index contributed by atoms with van der Waals surface area (Å²) in [5.74, 6) is 0.0716. The van der Waals surface area contributed by atoms with Gasteiger partial charge in [-0.1, -0.05) is 19.1 Å². The molecule has 5 heteroatoms. The topological polar surface area (TPSA) is 45.2 Å². The molecule has 1 N–H and O–H groups in total. The van der Waals surface area contributed by atoms with Gasteiger partial charge in [-0.3, -0.25) is 9.69 Å². The number of nitrogens with zero attached hydrogens (tertiary/aromatic N) is 2. The molecule has 108 valence electrons. The molecule has 0 bridgehead atoms. The molecule has 20 heavy (non-hydrogen) atoms. The van der Waals surface area contributed by atoms with E-state index in [-0.39, 0.29) is 11.9 Å². The van der Waals surface area contributed by atoms with Crippen molar-refractivity contribution in [2.75, 3.05) is 20.1 Å². The van der Waals surface area contributed by atoms with Crippen LogP contribution in [0.1, 0.15) is 31.3 Å². The molecule has 1 amide bonds. The minimum Gasteiger partial charge on any atom is -0.355 e. The van der Waals surface area contributed by atoms with Crippen LogP contribution in [-0.4, -0.2) is 35.9 Å². The van der Waals surface area contributed by atoms with Crippen LogP contribution in [0.3, 0.4) is 0 Å². The van der Waals surface area contributed by atoms with Crippen molar-refractivity contribution in [1.82, 2.24) is 15.2 Å². The highest BCUT2D eigenvalue weighted by atomic mass is 32.1. The Hall–Kier alpha value is -1.46. The SMILES string of the molecule is CCCNC(=O)CN(C)C(C)c1nc2ccccc2s1. The van der Waals surface area contributed by atoms with Crippen LogP contribution in [0.15, 0.2) is 24.3 Å². The first-order chi connectivity index (χ1) is 9.61. The van der Waals surface area contributed by atoms with Gasteiger partial charge in [0.1, 0.15) is 5.01 Å². The molecule has 0 spiro atoms. The maximum atomic E-state index is 11.8. The summed E-state index contributed by atoms with van der Waals surface area (Å²) in [4.78, 5) is 18.4. The first-order valence-corrected chi connectivity index (χ1v) is 7.76. The lowest BCUT2D eigenvalue weighted by atomic mass is 10.3. The molecule has 4 nitrogen and oxygen atoms in total. The van der Waals surface area contributed by atoms with Crippen LogP contribution in [0.5, 0.6) is 0 Å². The van der Waals surface area contributed by atoms with Gasteiger partial charge in [0.2, 0.25) is 5.91 Å². The smallest absolute Gasteiger partial charge is 0.234 e. The van der Waals surface area contributed by atoms with Crippen LogP contribution in [0.4, 0.5) is 0 Å². The number of rotatable bonds is 6. The van der Waals surface area contributed by atoms with Gasteiger partial charge in [-0.25, -0.2) is 4.98 Å². The van der Waals surface area contributed by atoms with Crippen molar-refractivity contribution in [3.63, 3.8) is 0 Å². The highest BCUT2D eigenvalue weighted by Gasteiger charge is 2.18. The van der Waals surface area contributed by atoms with Gasteiger partial charge >= 0.3 is 0 Å². The summed E-state index contributed by atoms with van der Waals surface area (Å²) in [7, 11) is 1.96. The number of hydrogen-bond acceptors (Lipinski definition) is 4. The Morgan fingerprint density at radius 2 is 2.20 bits per heavy atom. The molecular weight excluding hydrogens is 270 g/mol. The fraction of sp³-hybridized carbons (Fsp3) is 0.467. The lowest BCUT2D eigenvalue weighted by Crippen LogP contribution is -2.36. The second kappa shape index (κ2) is 6.81. The van der Waals surface area contributed by atoms with Gasteiger partial charge in [0.15, 0.2) is 0 Å². The van der Waals surface area contributed by atoms with Crippen molar-refractivity contribution in [3.8, 4) is 0 Å². The molecule has 0 saturated heterocycles. The summed E-state index contributed by atoms with van der Waals surface area (Å²) in [6, 6.07) is 8.27. The lowest BCUT2D eigenvalue weighted by molar-refractivity contribution is -0.122. The van der Waals surface area contributed by atoms with Crippen molar-refractivity contribution in [3.05, 3.63) is 29.3 Å². The Morgan fingerprint density at radius 1 is 1.45 bits per heavy atom. The summed E-state index contributed by atoms with van der Waals surface area (Å²) in [6.45, 7) is 5.28. The fourth-order valence-corrected chi connectivity index (χ4v) is 3.03. The van der Waals surface area contributed by atoms with E-state index in [2.05, 4.69) is 23.3 Å². The Bertz CT molecular complexity index is 548. The van der Waals surface area contributed by atoms with E-state index in [1.807, 2.05) is 37.1 Å². The molecule has 0 aliphatic rings. The Balaban J connectivity index is 2.02. The molecule has 0 fully saturated rings. The zero-order chi connectivity index (χ0) is 14.5. The van der Waals surface area contributed by atoms with Crippen LogP contribution < -0.4 is 5.32 Å². The maximum Gasteiger partial charge on any atom is 0.234 e. The third kappa shape index (κ3) is 3.55. The summed E-state index contributed by atoms with van der Waals surface area (Å²) in [5, 5.41) is 3.95. The van der Waals surface area contributed by atoms with Crippen molar-refractivity contribution in [2.45, 2.75) is 26.3 Å². The first kappa shape index (κ1) is 14.9. The fourth-order valence-electron chi connectivity index (χ4n) is 1.94. The average Bonchev–Trinajstić information content (AvgIpc) is 2.87. The monoisotopic (exact) mass is 291 g/mol. The summed E-state index contributed by atoms with van der Waals surface area (Å²) < 4.78 is 1.19. The van der Waals surface area contributed by atoms with Gasteiger partial charge in [0, 0.05) is 6.54 Å². The number of amides is 1. The molecule has 0 aliphatic heterocycles. The molecule has 1 aromatic heterocycles. The van der Waals surface area contributed by atoms with Crippen molar-refractivity contribution in [2.24, 2.45) is 0 Å². The second-order valence-electron chi connectivity index (χ2n) is 4.96. The van der Waals surface area contributed by atoms with Gasteiger partial charge in [0.25, 0.3) is 0 Å². The largest absolute Gasteiger partial charge is 0.355 e. The summed E-state index contributed by atoms with van der Waals surface area (Å²) >= 11 is 1.69. The molecule has 0 saturated carbocycles. The van der Waals surface area contributed by atoms with Gasteiger partial charge in [-0.2, -0.15) is 0 Å². The zero-order valence-corrected chi connectivity index (χ0v) is 13.0. The van der Waals surface area contributed by atoms with Crippen LogP contribution >= 0.6 is 11.3 Å². The number of carbonyl (C=O) groups is 1. The van der Waals surface area contributed by atoms with E-state index in [1.54, 1.807) is 11.3 Å². The molecular formula is C15H21N3OS. The first-order valence-electron chi connectivity index (χ1n) is 6.94. The van der Waals surface area contributed by atoms with Crippen LogP contribution in [0.25, 0.3) is 10.2 Å². The molecule has 0 aliphatic carbocycles. The highest BCUT2D eigenvalue weighted by Crippen LogP contribution is 2.28. The van der Waals surface area contributed by atoms with E-state index in [1.165, 1.54) is 4.70 Å². The number of nitrogens with one attached hydrogen (secondary N) is 1. The van der Waals surface area contributed by atoms with Gasteiger partial charge < -0.3 is 5.32 Å². The molecule has 2 aromatic rings. The maximum absolute atomic E-state index is 11.8. The minimum atomic E-state index is 0.0716. The van der Waals surface area contributed by atoms with Gasteiger partial charge in [0.05, 0.1) is 22.8 Å². The third-order valence-corrected chi connectivity index (χ3v) is 4.50. The number of hydrogen-bond donors (Lipinski definition) is 1.